The Kier molecular flexibility index (Phi) is 6.98. The zero-order valence-electron chi connectivity index (χ0n) is 17.6. The molecule has 0 radical (unpaired) electrons. The minimum atomic E-state index is -0.643. The molecular formula is C23H27N5O2. The van der Waals surface area contributed by atoms with Crippen molar-refractivity contribution in [2.45, 2.75) is 13.3 Å². The third-order valence-electron chi connectivity index (χ3n) is 4.47. The number of carbonyl (C=O) groups is 1. The lowest BCUT2D eigenvalue weighted by molar-refractivity contribution is 0.0996. The largest absolute Gasteiger partial charge is 0.493 e. The number of amides is 1. The number of benzene rings is 2. The minimum absolute atomic E-state index is 0.0883. The van der Waals surface area contributed by atoms with Crippen LogP contribution in [0.3, 0.4) is 0 Å². The number of aromatic nitrogens is 2. The SMILES string of the molecule is Cc1ccc(-c2cnc(Nc3cccc(OCCCN(C)C)c3)c(C(N)=O)n2)cc1. The van der Waals surface area contributed by atoms with Crippen molar-refractivity contribution in [3.05, 3.63) is 66.0 Å². The van der Waals surface area contributed by atoms with E-state index >= 15 is 0 Å². The number of nitrogens with one attached hydrogen (secondary N) is 1. The molecule has 0 atom stereocenters. The number of aryl methyl sites for hydroxylation is 1. The lowest BCUT2D eigenvalue weighted by atomic mass is 10.1. The van der Waals surface area contributed by atoms with Crippen LogP contribution in [-0.2, 0) is 0 Å². The van der Waals surface area contributed by atoms with Gasteiger partial charge in [0.05, 0.1) is 18.5 Å². The van der Waals surface area contributed by atoms with Crippen LogP contribution in [-0.4, -0.2) is 48.0 Å². The molecule has 1 amide bonds. The van der Waals surface area contributed by atoms with Crippen LogP contribution in [0.4, 0.5) is 11.5 Å². The second kappa shape index (κ2) is 9.84. The molecule has 1 aromatic heterocycles. The predicted octanol–water partition coefficient (Wildman–Crippen LogP) is 3.63. The third-order valence-corrected chi connectivity index (χ3v) is 4.47. The average Bonchev–Trinajstić information content (AvgIpc) is 2.72. The van der Waals surface area contributed by atoms with Crippen molar-refractivity contribution in [3.8, 4) is 17.0 Å². The molecule has 0 bridgehead atoms. The van der Waals surface area contributed by atoms with Crippen molar-refractivity contribution in [1.29, 1.82) is 0 Å². The molecule has 30 heavy (non-hydrogen) atoms. The van der Waals surface area contributed by atoms with Gasteiger partial charge in [0.1, 0.15) is 5.75 Å². The second-order valence-corrected chi connectivity index (χ2v) is 7.34. The number of hydrogen-bond acceptors (Lipinski definition) is 6. The van der Waals surface area contributed by atoms with Gasteiger partial charge in [-0.25, -0.2) is 9.97 Å². The maximum absolute atomic E-state index is 12.0. The summed E-state index contributed by atoms with van der Waals surface area (Å²) in [5.41, 5.74) is 8.99. The Morgan fingerprint density at radius 1 is 1.17 bits per heavy atom. The number of anilines is 2. The first kappa shape index (κ1) is 21.3. The molecule has 156 valence electrons. The van der Waals surface area contributed by atoms with Crippen molar-refractivity contribution in [2.24, 2.45) is 5.73 Å². The number of nitrogens with zero attached hydrogens (tertiary/aromatic N) is 3. The molecule has 7 nitrogen and oxygen atoms in total. The Bertz CT molecular complexity index is 1000. The van der Waals surface area contributed by atoms with Crippen molar-refractivity contribution in [2.75, 3.05) is 32.6 Å². The predicted molar refractivity (Wildman–Crippen MR) is 119 cm³/mol. The van der Waals surface area contributed by atoms with Crippen LogP contribution in [0.5, 0.6) is 5.75 Å². The molecule has 0 fully saturated rings. The maximum Gasteiger partial charge on any atom is 0.271 e. The van der Waals surface area contributed by atoms with Gasteiger partial charge in [-0.1, -0.05) is 35.9 Å². The lowest BCUT2D eigenvalue weighted by Crippen LogP contribution is -2.17. The van der Waals surface area contributed by atoms with Crippen molar-refractivity contribution in [1.82, 2.24) is 14.9 Å². The molecule has 3 N–H and O–H groups in total. The summed E-state index contributed by atoms with van der Waals surface area (Å²) in [4.78, 5) is 22.9. The zero-order chi connectivity index (χ0) is 21.5. The molecule has 0 aliphatic rings. The second-order valence-electron chi connectivity index (χ2n) is 7.34. The lowest BCUT2D eigenvalue weighted by Gasteiger charge is -2.13. The minimum Gasteiger partial charge on any atom is -0.493 e. The highest BCUT2D eigenvalue weighted by Crippen LogP contribution is 2.24. The van der Waals surface area contributed by atoms with E-state index in [9.17, 15) is 4.79 Å². The molecule has 1 heterocycles. The fourth-order valence-corrected chi connectivity index (χ4v) is 2.89. The van der Waals surface area contributed by atoms with Gasteiger partial charge in [-0.05, 0) is 39.6 Å². The Hall–Kier alpha value is -3.45. The number of nitrogens with two attached hydrogens (primary N) is 1. The van der Waals surface area contributed by atoms with E-state index in [4.69, 9.17) is 10.5 Å². The van der Waals surface area contributed by atoms with Gasteiger partial charge in [0.15, 0.2) is 11.5 Å². The third kappa shape index (κ3) is 5.78. The monoisotopic (exact) mass is 405 g/mol. The number of ether oxygens (including phenoxy) is 1. The quantitative estimate of drug-likeness (QED) is 0.528. The van der Waals surface area contributed by atoms with Gasteiger partial charge in [0.25, 0.3) is 5.91 Å². The van der Waals surface area contributed by atoms with Gasteiger partial charge < -0.3 is 20.7 Å². The molecule has 2 aromatic carbocycles. The Labute approximate surface area is 176 Å². The maximum atomic E-state index is 12.0. The van der Waals surface area contributed by atoms with Gasteiger partial charge in [-0.3, -0.25) is 4.79 Å². The fourth-order valence-electron chi connectivity index (χ4n) is 2.89. The molecule has 3 aromatic rings. The molecule has 3 rings (SSSR count). The summed E-state index contributed by atoms with van der Waals surface area (Å²) < 4.78 is 5.80. The summed E-state index contributed by atoms with van der Waals surface area (Å²) >= 11 is 0. The molecule has 7 heteroatoms. The van der Waals surface area contributed by atoms with Crippen molar-refractivity contribution in [3.63, 3.8) is 0 Å². The fraction of sp³-hybridized carbons (Fsp3) is 0.261. The molecule has 0 unspecified atom stereocenters. The first-order valence-corrected chi connectivity index (χ1v) is 9.81. The summed E-state index contributed by atoms with van der Waals surface area (Å²) in [5, 5.41) is 3.13. The molecule has 0 saturated carbocycles. The summed E-state index contributed by atoms with van der Waals surface area (Å²) in [5.74, 6) is 0.404. The van der Waals surface area contributed by atoms with Crippen LogP contribution in [0.2, 0.25) is 0 Å². The van der Waals surface area contributed by atoms with Crippen LogP contribution in [0, 0.1) is 6.92 Å². The van der Waals surface area contributed by atoms with E-state index in [1.54, 1.807) is 6.20 Å². The molecular weight excluding hydrogens is 378 g/mol. The van der Waals surface area contributed by atoms with E-state index in [1.807, 2.05) is 69.6 Å². The first-order valence-electron chi connectivity index (χ1n) is 9.81. The summed E-state index contributed by atoms with van der Waals surface area (Å²) in [6, 6.07) is 15.3. The van der Waals surface area contributed by atoms with Crippen LogP contribution >= 0.6 is 0 Å². The molecule has 0 saturated heterocycles. The normalized spacial score (nSPS) is 10.8. The van der Waals surface area contributed by atoms with Gasteiger partial charge in [-0.15, -0.1) is 0 Å². The van der Waals surface area contributed by atoms with E-state index in [0.29, 0.717) is 18.1 Å². The number of carbonyl (C=O) groups excluding carboxylic acids is 1. The van der Waals surface area contributed by atoms with Gasteiger partial charge >= 0.3 is 0 Å². The highest BCUT2D eigenvalue weighted by molar-refractivity contribution is 5.96. The number of primary amides is 1. The molecule has 0 aliphatic carbocycles. The number of hydrogen-bond donors (Lipinski definition) is 2. The first-order chi connectivity index (χ1) is 14.4. The van der Waals surface area contributed by atoms with Crippen LogP contribution in [0.25, 0.3) is 11.3 Å². The Morgan fingerprint density at radius 2 is 1.93 bits per heavy atom. The highest BCUT2D eigenvalue weighted by atomic mass is 16.5. The molecule has 0 aliphatic heterocycles. The van der Waals surface area contributed by atoms with E-state index in [-0.39, 0.29) is 5.69 Å². The highest BCUT2D eigenvalue weighted by Gasteiger charge is 2.14. The Balaban J connectivity index is 1.76. The van der Waals surface area contributed by atoms with Gasteiger partial charge in [-0.2, -0.15) is 0 Å². The number of rotatable bonds is 9. The standard InChI is InChI=1S/C23H27N5O2/c1-16-8-10-17(11-9-16)20-15-25-23(21(27-20)22(24)29)26-18-6-4-7-19(14-18)30-13-5-12-28(2)3/h4,6-11,14-15H,5,12-13H2,1-3H3,(H2,24,29)(H,25,26). The molecule has 0 spiro atoms. The van der Waals surface area contributed by atoms with E-state index in [2.05, 4.69) is 20.2 Å². The van der Waals surface area contributed by atoms with E-state index in [1.165, 1.54) is 0 Å². The van der Waals surface area contributed by atoms with Crippen LogP contribution < -0.4 is 15.8 Å². The van der Waals surface area contributed by atoms with E-state index < -0.39 is 5.91 Å². The zero-order valence-corrected chi connectivity index (χ0v) is 17.6. The van der Waals surface area contributed by atoms with Crippen LogP contribution in [0.15, 0.2) is 54.7 Å². The topological polar surface area (TPSA) is 93.4 Å². The van der Waals surface area contributed by atoms with E-state index in [0.717, 1.165) is 35.5 Å². The Morgan fingerprint density at radius 3 is 2.63 bits per heavy atom. The summed E-state index contributed by atoms with van der Waals surface area (Å²) in [6.07, 6.45) is 2.56. The van der Waals surface area contributed by atoms with Crippen molar-refractivity contribution < 1.29 is 9.53 Å². The van der Waals surface area contributed by atoms with Gasteiger partial charge in [0.2, 0.25) is 0 Å². The van der Waals surface area contributed by atoms with Crippen molar-refractivity contribution >= 4 is 17.4 Å². The van der Waals surface area contributed by atoms with Crippen LogP contribution in [0.1, 0.15) is 22.5 Å². The summed E-state index contributed by atoms with van der Waals surface area (Å²) in [7, 11) is 4.07. The smallest absolute Gasteiger partial charge is 0.271 e. The summed E-state index contributed by atoms with van der Waals surface area (Å²) in [6.45, 7) is 3.60. The van der Waals surface area contributed by atoms with Gasteiger partial charge in [0, 0.05) is 23.9 Å². The average molecular weight is 406 g/mol.